The fourth-order valence-electron chi connectivity index (χ4n) is 3.72. The van der Waals surface area contributed by atoms with Crippen molar-refractivity contribution >= 4 is 60.4 Å². The Bertz CT molecular complexity index is 1140. The summed E-state index contributed by atoms with van der Waals surface area (Å²) >= 11 is 8.23. The smallest absolute Gasteiger partial charge is 0.341 e. The quantitative estimate of drug-likeness (QED) is 0.269. The van der Waals surface area contributed by atoms with Crippen molar-refractivity contribution in [2.45, 2.75) is 26.4 Å². The highest BCUT2D eigenvalue weighted by Crippen LogP contribution is 2.40. The molecule has 8 heteroatoms. The topological polar surface area (TPSA) is 62.1 Å². The van der Waals surface area contributed by atoms with Crippen LogP contribution in [0.2, 0.25) is 0 Å². The van der Waals surface area contributed by atoms with Crippen LogP contribution in [0.15, 0.2) is 56.4 Å². The molecular weight excluding hydrogens is 556 g/mol. The van der Waals surface area contributed by atoms with Crippen molar-refractivity contribution in [3.05, 3.63) is 78.5 Å². The summed E-state index contributed by atoms with van der Waals surface area (Å²) in [6.07, 6.45) is 2.50. The van der Waals surface area contributed by atoms with E-state index in [-0.39, 0.29) is 11.7 Å². The molecule has 1 aliphatic heterocycles. The van der Waals surface area contributed by atoms with Gasteiger partial charge in [-0.2, -0.15) is 0 Å². The predicted octanol–water partition coefficient (Wildman–Crippen LogP) is 6.46. The number of thiophene rings is 1. The Kier molecular flexibility index (Phi) is 7.45. The number of halogens is 2. The van der Waals surface area contributed by atoms with Crippen LogP contribution in [0.25, 0.3) is 0 Å². The van der Waals surface area contributed by atoms with E-state index in [2.05, 4.69) is 66.0 Å². The second-order valence-corrected chi connectivity index (χ2v) is 10.2. The number of aromatic hydroxyl groups is 1. The minimum absolute atomic E-state index is 0.138. The lowest BCUT2D eigenvalue weighted by molar-refractivity contribution is 0.0526. The number of hydrogen-bond donors (Lipinski definition) is 1. The Hall–Kier alpha value is -2.00. The van der Waals surface area contributed by atoms with Gasteiger partial charge in [-0.15, -0.1) is 11.3 Å². The van der Waals surface area contributed by atoms with Crippen LogP contribution < -0.4 is 0 Å². The van der Waals surface area contributed by atoms with Crippen LogP contribution in [0.5, 0.6) is 5.75 Å². The fraction of sp³-hybridized carbons (Fsp3) is 0.250. The van der Waals surface area contributed by atoms with Crippen molar-refractivity contribution in [1.82, 2.24) is 4.90 Å². The molecule has 1 aromatic heterocycles. The molecule has 5 nitrogen and oxygen atoms in total. The molecule has 2 aromatic carbocycles. The molecule has 0 saturated heterocycles. The number of phenolic OH excluding ortho intramolecular Hbond substituents is 1. The lowest BCUT2D eigenvalue weighted by Gasteiger charge is -2.27. The monoisotopic (exact) mass is 576 g/mol. The fourth-order valence-corrected chi connectivity index (χ4v) is 6.16. The summed E-state index contributed by atoms with van der Waals surface area (Å²) in [5, 5.41) is 10.6. The lowest BCUT2D eigenvalue weighted by Crippen LogP contribution is -2.29. The Balaban J connectivity index is 1.63. The van der Waals surface area contributed by atoms with Crippen molar-refractivity contribution in [1.29, 1.82) is 0 Å². The number of ether oxygens (including phenoxy) is 1. The van der Waals surface area contributed by atoms with Gasteiger partial charge in [0.1, 0.15) is 10.8 Å². The molecule has 1 aliphatic rings. The summed E-state index contributed by atoms with van der Waals surface area (Å²) in [6, 6.07) is 14.0. The number of esters is 1. The van der Waals surface area contributed by atoms with Gasteiger partial charge in [-0.25, -0.2) is 9.79 Å². The zero-order valence-electron chi connectivity index (χ0n) is 17.5. The second-order valence-electron chi connectivity index (χ2n) is 7.44. The van der Waals surface area contributed by atoms with Gasteiger partial charge in [0.2, 0.25) is 0 Å². The first-order valence-electron chi connectivity index (χ1n) is 10.3. The molecule has 0 spiro atoms. The molecule has 32 heavy (non-hydrogen) atoms. The molecule has 0 radical (unpaired) electrons. The Morgan fingerprint density at radius 3 is 2.66 bits per heavy atom. The number of nitrogens with zero attached hydrogens (tertiary/aromatic N) is 2. The Morgan fingerprint density at radius 1 is 1.25 bits per heavy atom. The van der Waals surface area contributed by atoms with Crippen LogP contribution in [0.1, 0.15) is 38.8 Å². The molecule has 4 rings (SSSR count). The standard InChI is InChI=1S/C24H22Br2N2O3S/c1-2-31-24(30)21-17-8-9-28(13-15-6-4-3-5-7-15)14-20(17)32-23(21)27-12-16-10-18(25)22(29)19(26)11-16/h3-7,10-12,29H,2,8-9,13-14H2,1H3. The van der Waals surface area contributed by atoms with E-state index >= 15 is 0 Å². The van der Waals surface area contributed by atoms with E-state index in [4.69, 9.17) is 4.74 Å². The summed E-state index contributed by atoms with van der Waals surface area (Å²) in [7, 11) is 0. The molecule has 3 aromatic rings. The van der Waals surface area contributed by atoms with E-state index in [1.807, 2.05) is 13.0 Å². The van der Waals surface area contributed by atoms with Gasteiger partial charge in [0, 0.05) is 30.7 Å². The average molecular weight is 578 g/mol. The molecule has 0 fully saturated rings. The molecule has 0 aliphatic carbocycles. The van der Waals surface area contributed by atoms with Gasteiger partial charge >= 0.3 is 5.97 Å². The van der Waals surface area contributed by atoms with Crippen molar-refractivity contribution in [2.24, 2.45) is 4.99 Å². The molecule has 0 unspecified atom stereocenters. The van der Waals surface area contributed by atoms with Crippen molar-refractivity contribution in [2.75, 3.05) is 13.2 Å². The van der Waals surface area contributed by atoms with Crippen LogP contribution in [0, 0.1) is 0 Å². The van der Waals surface area contributed by atoms with E-state index in [1.165, 1.54) is 5.56 Å². The molecule has 166 valence electrons. The highest BCUT2D eigenvalue weighted by atomic mass is 79.9. The zero-order chi connectivity index (χ0) is 22.7. The normalized spacial score (nSPS) is 14.0. The third-order valence-electron chi connectivity index (χ3n) is 5.22. The Labute approximate surface area is 208 Å². The number of aliphatic imine (C=N–C) groups is 1. The maximum Gasteiger partial charge on any atom is 0.341 e. The van der Waals surface area contributed by atoms with E-state index in [0.29, 0.717) is 26.1 Å². The van der Waals surface area contributed by atoms with Gasteiger partial charge in [-0.05, 0) is 74.0 Å². The van der Waals surface area contributed by atoms with Gasteiger partial charge in [0.05, 0.1) is 21.1 Å². The summed E-state index contributed by atoms with van der Waals surface area (Å²) < 4.78 is 6.49. The van der Waals surface area contributed by atoms with E-state index in [1.54, 1.807) is 29.7 Å². The first-order chi connectivity index (χ1) is 15.5. The van der Waals surface area contributed by atoms with Crippen LogP contribution in [0.4, 0.5) is 5.00 Å². The van der Waals surface area contributed by atoms with Gasteiger partial charge in [0.15, 0.2) is 0 Å². The third-order valence-corrected chi connectivity index (χ3v) is 7.55. The van der Waals surface area contributed by atoms with Crippen molar-refractivity contribution in [3.63, 3.8) is 0 Å². The summed E-state index contributed by atoms with van der Waals surface area (Å²) in [6.45, 7) is 4.68. The second kappa shape index (κ2) is 10.3. The summed E-state index contributed by atoms with van der Waals surface area (Å²) in [5.74, 6) is -0.179. The maximum absolute atomic E-state index is 12.8. The average Bonchev–Trinajstić information content (AvgIpc) is 3.14. The number of phenols is 1. The molecule has 0 saturated carbocycles. The zero-order valence-corrected chi connectivity index (χ0v) is 21.5. The number of rotatable bonds is 6. The molecule has 0 atom stereocenters. The number of hydrogen-bond acceptors (Lipinski definition) is 6. The minimum atomic E-state index is -0.318. The van der Waals surface area contributed by atoms with Gasteiger partial charge in [-0.3, -0.25) is 4.90 Å². The third kappa shape index (κ3) is 5.14. The van der Waals surface area contributed by atoms with Crippen LogP contribution in [0.3, 0.4) is 0 Å². The van der Waals surface area contributed by atoms with Crippen LogP contribution in [-0.2, 0) is 24.2 Å². The molecule has 0 bridgehead atoms. The first kappa shape index (κ1) is 23.2. The molecule has 2 heterocycles. The Morgan fingerprint density at radius 2 is 1.97 bits per heavy atom. The van der Waals surface area contributed by atoms with Crippen LogP contribution >= 0.6 is 43.2 Å². The SMILES string of the molecule is CCOC(=O)c1c(N=Cc2cc(Br)c(O)c(Br)c2)sc2c1CCN(Cc1ccccc1)C2. The highest BCUT2D eigenvalue weighted by molar-refractivity contribution is 9.11. The number of carbonyl (C=O) groups excluding carboxylic acids is 1. The van der Waals surface area contributed by atoms with Crippen molar-refractivity contribution < 1.29 is 14.6 Å². The summed E-state index contributed by atoms with van der Waals surface area (Å²) in [5.41, 5.74) is 3.71. The van der Waals surface area contributed by atoms with Crippen LogP contribution in [-0.4, -0.2) is 35.3 Å². The maximum atomic E-state index is 12.8. The number of fused-ring (bicyclic) bond motifs is 1. The summed E-state index contributed by atoms with van der Waals surface area (Å²) in [4.78, 5) is 21.0. The van der Waals surface area contributed by atoms with E-state index in [9.17, 15) is 9.90 Å². The van der Waals surface area contributed by atoms with Crippen molar-refractivity contribution in [3.8, 4) is 5.75 Å². The number of benzene rings is 2. The van der Waals surface area contributed by atoms with Gasteiger partial charge in [0.25, 0.3) is 0 Å². The van der Waals surface area contributed by atoms with Gasteiger partial charge in [-0.1, -0.05) is 30.3 Å². The van der Waals surface area contributed by atoms with Gasteiger partial charge < -0.3 is 9.84 Å². The largest absolute Gasteiger partial charge is 0.506 e. The lowest BCUT2D eigenvalue weighted by atomic mass is 10.0. The number of carbonyl (C=O) groups is 1. The molecular formula is C24H22Br2N2O3S. The first-order valence-corrected chi connectivity index (χ1v) is 12.7. The molecule has 1 N–H and O–H groups in total. The minimum Gasteiger partial charge on any atom is -0.506 e. The molecule has 0 amide bonds. The highest BCUT2D eigenvalue weighted by Gasteiger charge is 2.28. The van der Waals surface area contributed by atoms with E-state index < -0.39 is 0 Å². The predicted molar refractivity (Wildman–Crippen MR) is 135 cm³/mol. The van der Waals surface area contributed by atoms with E-state index in [0.717, 1.165) is 42.1 Å².